The molecule has 0 fully saturated rings. The fourth-order valence-corrected chi connectivity index (χ4v) is 3.73. The molecule has 8 heteroatoms. The normalized spacial score (nSPS) is 12.4. The number of carbonyl (C=O) groups is 1. The highest BCUT2D eigenvalue weighted by atomic mass is 32.2. The standard InChI is InChI=1S/C21H28N2O5S/c1-4-16(3)23-29(25,26)20-12-8-18(9-13-20)22-21(24)17-6-10-19(11-7-17)28-15-14-27-5-2/h6-13,16,23H,4-5,14-15H2,1-3H3,(H,22,24). The van der Waals surface area contributed by atoms with Crippen molar-refractivity contribution in [2.75, 3.05) is 25.1 Å². The Morgan fingerprint density at radius 2 is 1.66 bits per heavy atom. The second-order valence-corrected chi connectivity index (χ2v) is 8.19. The molecule has 29 heavy (non-hydrogen) atoms. The molecule has 1 amide bonds. The zero-order chi connectivity index (χ0) is 21.3. The topological polar surface area (TPSA) is 93.7 Å². The van der Waals surface area contributed by atoms with Crippen molar-refractivity contribution in [2.24, 2.45) is 0 Å². The molecule has 1 unspecified atom stereocenters. The van der Waals surface area contributed by atoms with E-state index < -0.39 is 10.0 Å². The number of nitrogens with one attached hydrogen (secondary N) is 2. The maximum Gasteiger partial charge on any atom is 0.255 e. The molecule has 158 valence electrons. The van der Waals surface area contributed by atoms with Crippen molar-refractivity contribution in [2.45, 2.75) is 38.1 Å². The van der Waals surface area contributed by atoms with Crippen LogP contribution in [0.15, 0.2) is 53.4 Å². The van der Waals surface area contributed by atoms with Gasteiger partial charge in [-0.3, -0.25) is 4.79 Å². The second-order valence-electron chi connectivity index (χ2n) is 6.48. The maximum atomic E-state index is 12.4. The van der Waals surface area contributed by atoms with Crippen LogP contribution in [0.25, 0.3) is 0 Å². The number of hydrogen-bond acceptors (Lipinski definition) is 5. The van der Waals surface area contributed by atoms with Crippen LogP contribution in [0.1, 0.15) is 37.6 Å². The maximum absolute atomic E-state index is 12.4. The Morgan fingerprint density at radius 1 is 1.00 bits per heavy atom. The van der Waals surface area contributed by atoms with Gasteiger partial charge in [0.05, 0.1) is 11.5 Å². The third-order valence-corrected chi connectivity index (χ3v) is 5.81. The van der Waals surface area contributed by atoms with E-state index in [2.05, 4.69) is 10.0 Å². The molecule has 7 nitrogen and oxygen atoms in total. The molecule has 0 saturated heterocycles. The van der Waals surface area contributed by atoms with E-state index in [0.29, 0.717) is 43.2 Å². The molecule has 0 spiro atoms. The quantitative estimate of drug-likeness (QED) is 0.543. The molecule has 0 bridgehead atoms. The van der Waals surface area contributed by atoms with E-state index in [-0.39, 0.29) is 16.8 Å². The summed E-state index contributed by atoms with van der Waals surface area (Å²) in [6.45, 7) is 7.23. The van der Waals surface area contributed by atoms with Crippen LogP contribution in [0.4, 0.5) is 5.69 Å². The summed E-state index contributed by atoms with van der Waals surface area (Å²) < 4.78 is 37.9. The van der Waals surface area contributed by atoms with E-state index in [1.54, 1.807) is 43.3 Å². The number of rotatable bonds is 11. The van der Waals surface area contributed by atoms with Gasteiger partial charge in [0.2, 0.25) is 10.0 Å². The lowest BCUT2D eigenvalue weighted by Crippen LogP contribution is -2.31. The summed E-state index contributed by atoms with van der Waals surface area (Å²) in [6, 6.07) is 12.7. The summed E-state index contributed by atoms with van der Waals surface area (Å²) in [6.07, 6.45) is 0.698. The Morgan fingerprint density at radius 3 is 2.24 bits per heavy atom. The monoisotopic (exact) mass is 420 g/mol. The zero-order valence-electron chi connectivity index (χ0n) is 17.0. The van der Waals surface area contributed by atoms with Crippen molar-refractivity contribution in [1.82, 2.24) is 4.72 Å². The van der Waals surface area contributed by atoms with Crippen LogP contribution in [0, 0.1) is 0 Å². The summed E-state index contributed by atoms with van der Waals surface area (Å²) in [5, 5.41) is 2.75. The molecule has 0 aliphatic carbocycles. The van der Waals surface area contributed by atoms with Crippen LogP contribution in [0.3, 0.4) is 0 Å². The predicted molar refractivity (Wildman–Crippen MR) is 113 cm³/mol. The van der Waals surface area contributed by atoms with Crippen molar-refractivity contribution in [3.05, 3.63) is 54.1 Å². The molecule has 2 aromatic carbocycles. The van der Waals surface area contributed by atoms with Crippen LogP contribution < -0.4 is 14.8 Å². The van der Waals surface area contributed by atoms with E-state index in [1.165, 1.54) is 12.1 Å². The van der Waals surface area contributed by atoms with Gasteiger partial charge in [0.1, 0.15) is 12.4 Å². The SMILES string of the molecule is CCOCCOc1ccc(C(=O)Nc2ccc(S(=O)(=O)NC(C)CC)cc2)cc1. The largest absolute Gasteiger partial charge is 0.491 e. The summed E-state index contributed by atoms with van der Waals surface area (Å²) in [5.74, 6) is 0.365. The van der Waals surface area contributed by atoms with Gasteiger partial charge >= 0.3 is 0 Å². The molecule has 0 heterocycles. The van der Waals surface area contributed by atoms with Crippen molar-refractivity contribution < 1.29 is 22.7 Å². The summed E-state index contributed by atoms with van der Waals surface area (Å²) >= 11 is 0. The summed E-state index contributed by atoms with van der Waals surface area (Å²) in [7, 11) is -3.57. The molecular formula is C21H28N2O5S. The fourth-order valence-electron chi connectivity index (χ4n) is 2.40. The third-order valence-electron chi connectivity index (χ3n) is 4.21. The van der Waals surface area contributed by atoms with Gasteiger partial charge in [0.25, 0.3) is 5.91 Å². The molecular weight excluding hydrogens is 392 g/mol. The van der Waals surface area contributed by atoms with Gasteiger partial charge in [-0.05, 0) is 68.8 Å². The molecule has 0 radical (unpaired) electrons. The highest BCUT2D eigenvalue weighted by molar-refractivity contribution is 7.89. The fraction of sp³-hybridized carbons (Fsp3) is 0.381. The van der Waals surface area contributed by atoms with Crippen LogP contribution in [0.2, 0.25) is 0 Å². The first-order valence-corrected chi connectivity index (χ1v) is 11.1. The Kier molecular flexibility index (Phi) is 8.63. The molecule has 0 saturated carbocycles. The van der Waals surface area contributed by atoms with Crippen molar-refractivity contribution in [3.8, 4) is 5.75 Å². The Balaban J connectivity index is 1.95. The first kappa shape index (κ1) is 22.9. The van der Waals surface area contributed by atoms with E-state index >= 15 is 0 Å². The first-order chi connectivity index (χ1) is 13.9. The average Bonchev–Trinajstić information content (AvgIpc) is 2.71. The predicted octanol–water partition coefficient (Wildman–Crippen LogP) is 3.43. The first-order valence-electron chi connectivity index (χ1n) is 9.60. The van der Waals surface area contributed by atoms with E-state index in [1.807, 2.05) is 13.8 Å². The number of ether oxygens (including phenoxy) is 2. The Bertz CT molecular complexity index is 880. The summed E-state index contributed by atoms with van der Waals surface area (Å²) in [5.41, 5.74) is 0.979. The van der Waals surface area contributed by atoms with Gasteiger partial charge < -0.3 is 14.8 Å². The lowest BCUT2D eigenvalue weighted by Gasteiger charge is -2.12. The van der Waals surface area contributed by atoms with Crippen LogP contribution in [-0.2, 0) is 14.8 Å². The molecule has 1 atom stereocenters. The van der Waals surface area contributed by atoms with Gasteiger partial charge in [-0.25, -0.2) is 13.1 Å². The number of anilines is 1. The third kappa shape index (κ3) is 7.16. The number of hydrogen-bond donors (Lipinski definition) is 2. The molecule has 2 aromatic rings. The molecule has 2 N–H and O–H groups in total. The highest BCUT2D eigenvalue weighted by Gasteiger charge is 2.16. The van der Waals surface area contributed by atoms with Crippen LogP contribution in [-0.4, -0.2) is 40.2 Å². The van der Waals surface area contributed by atoms with Gasteiger partial charge in [-0.2, -0.15) is 0 Å². The molecule has 0 aromatic heterocycles. The summed E-state index contributed by atoms with van der Waals surface area (Å²) in [4.78, 5) is 12.5. The highest BCUT2D eigenvalue weighted by Crippen LogP contribution is 2.17. The lowest BCUT2D eigenvalue weighted by molar-refractivity contribution is 0.102. The molecule has 0 aliphatic heterocycles. The minimum Gasteiger partial charge on any atom is -0.491 e. The Hall–Kier alpha value is -2.42. The van der Waals surface area contributed by atoms with Gasteiger partial charge in [-0.1, -0.05) is 6.92 Å². The van der Waals surface area contributed by atoms with Gasteiger partial charge in [-0.15, -0.1) is 0 Å². The van der Waals surface area contributed by atoms with E-state index in [4.69, 9.17) is 9.47 Å². The molecule has 2 rings (SSSR count). The van der Waals surface area contributed by atoms with Crippen LogP contribution in [0.5, 0.6) is 5.75 Å². The smallest absolute Gasteiger partial charge is 0.255 e. The zero-order valence-corrected chi connectivity index (χ0v) is 17.8. The van der Waals surface area contributed by atoms with Crippen molar-refractivity contribution in [3.63, 3.8) is 0 Å². The minimum absolute atomic E-state index is 0.148. The number of benzene rings is 2. The minimum atomic E-state index is -3.57. The van der Waals surface area contributed by atoms with Gasteiger partial charge in [0.15, 0.2) is 0 Å². The van der Waals surface area contributed by atoms with Crippen molar-refractivity contribution in [1.29, 1.82) is 0 Å². The molecule has 0 aliphatic rings. The van der Waals surface area contributed by atoms with Crippen LogP contribution >= 0.6 is 0 Å². The number of carbonyl (C=O) groups excluding carboxylic acids is 1. The van der Waals surface area contributed by atoms with E-state index in [0.717, 1.165) is 0 Å². The number of amides is 1. The average molecular weight is 421 g/mol. The van der Waals surface area contributed by atoms with Crippen molar-refractivity contribution >= 4 is 21.6 Å². The Labute approximate surface area is 172 Å². The second kappa shape index (κ2) is 10.9. The van der Waals surface area contributed by atoms with Gasteiger partial charge in [0, 0.05) is 23.9 Å². The van der Waals surface area contributed by atoms with E-state index in [9.17, 15) is 13.2 Å². The lowest BCUT2D eigenvalue weighted by atomic mass is 10.2. The number of sulfonamides is 1.